The van der Waals surface area contributed by atoms with Crippen molar-refractivity contribution >= 4 is 33.2 Å². The summed E-state index contributed by atoms with van der Waals surface area (Å²) < 4.78 is 29.8. The Morgan fingerprint density at radius 3 is 2.44 bits per heavy atom. The van der Waals surface area contributed by atoms with Gasteiger partial charge in [0.1, 0.15) is 0 Å². The van der Waals surface area contributed by atoms with Crippen LogP contribution in [0.1, 0.15) is 26.7 Å². The van der Waals surface area contributed by atoms with E-state index < -0.39 is 16.0 Å². The van der Waals surface area contributed by atoms with E-state index >= 15 is 0 Å². The summed E-state index contributed by atoms with van der Waals surface area (Å²) >= 11 is 4.71. The van der Waals surface area contributed by atoms with Crippen molar-refractivity contribution in [1.29, 1.82) is 0 Å². The zero-order chi connectivity index (χ0) is 14.2. The quantitative estimate of drug-likeness (QED) is 0.485. The van der Waals surface area contributed by atoms with Gasteiger partial charge in [0.2, 0.25) is 10.0 Å². The summed E-state index contributed by atoms with van der Waals surface area (Å²) in [6, 6.07) is 0. The van der Waals surface area contributed by atoms with Crippen molar-refractivity contribution in [2.45, 2.75) is 26.7 Å². The largest absolute Gasteiger partial charge is 0.466 e. The number of ether oxygens (including phenoxy) is 1. The number of thiocarbonyl (C=S) groups is 1. The minimum atomic E-state index is -3.53. The molecule has 0 aliphatic heterocycles. The highest BCUT2D eigenvalue weighted by molar-refractivity contribution is 7.89. The minimum absolute atomic E-state index is 0.00827. The van der Waals surface area contributed by atoms with Crippen LogP contribution in [0.25, 0.3) is 0 Å². The third kappa shape index (κ3) is 6.87. The van der Waals surface area contributed by atoms with Gasteiger partial charge in [-0.2, -0.15) is 4.31 Å². The van der Waals surface area contributed by atoms with Crippen molar-refractivity contribution in [3.63, 3.8) is 0 Å². The van der Waals surface area contributed by atoms with Crippen LogP contribution in [-0.4, -0.2) is 49.1 Å². The first-order chi connectivity index (χ1) is 8.33. The highest BCUT2D eigenvalue weighted by Crippen LogP contribution is 2.05. The summed E-state index contributed by atoms with van der Waals surface area (Å²) in [6.45, 7) is 4.11. The molecule has 0 aliphatic carbocycles. The number of carbonyl (C=O) groups is 1. The molecule has 0 saturated carbocycles. The maximum absolute atomic E-state index is 12.0. The first-order valence-electron chi connectivity index (χ1n) is 5.75. The molecule has 106 valence electrons. The lowest BCUT2D eigenvalue weighted by molar-refractivity contribution is -0.142. The van der Waals surface area contributed by atoms with Crippen LogP contribution in [0.2, 0.25) is 0 Å². The van der Waals surface area contributed by atoms with Gasteiger partial charge in [-0.3, -0.25) is 4.79 Å². The van der Waals surface area contributed by atoms with Crippen molar-refractivity contribution in [2.24, 2.45) is 5.73 Å². The molecule has 8 heteroatoms. The van der Waals surface area contributed by atoms with E-state index in [0.717, 1.165) is 0 Å². The SMILES string of the molecule is CCCN(CC(N)=S)S(=O)(=O)CCC(=O)OCC. The lowest BCUT2D eigenvalue weighted by Crippen LogP contribution is -2.39. The van der Waals surface area contributed by atoms with Gasteiger partial charge < -0.3 is 10.5 Å². The van der Waals surface area contributed by atoms with E-state index in [1.165, 1.54) is 4.31 Å². The van der Waals surface area contributed by atoms with Crippen molar-refractivity contribution in [1.82, 2.24) is 4.31 Å². The van der Waals surface area contributed by atoms with E-state index in [-0.39, 0.29) is 30.3 Å². The molecule has 0 aromatic rings. The second-order valence-electron chi connectivity index (χ2n) is 3.67. The number of hydrogen-bond acceptors (Lipinski definition) is 5. The van der Waals surface area contributed by atoms with E-state index in [4.69, 9.17) is 18.0 Å². The van der Waals surface area contributed by atoms with Crippen molar-refractivity contribution in [3.05, 3.63) is 0 Å². The summed E-state index contributed by atoms with van der Waals surface area (Å²) in [4.78, 5) is 11.3. The molecular formula is C10H20N2O4S2. The molecule has 6 nitrogen and oxygen atoms in total. The lowest BCUT2D eigenvalue weighted by Gasteiger charge is -2.20. The summed E-state index contributed by atoms with van der Waals surface area (Å²) in [5, 5.41) is 0. The average molecular weight is 296 g/mol. The van der Waals surface area contributed by atoms with Crippen LogP contribution in [0.5, 0.6) is 0 Å². The summed E-state index contributed by atoms with van der Waals surface area (Å²) in [5.74, 6) is -0.804. The molecule has 0 rings (SSSR count). The zero-order valence-electron chi connectivity index (χ0n) is 10.7. The Morgan fingerprint density at radius 2 is 2.00 bits per heavy atom. The second-order valence-corrected chi connectivity index (χ2v) is 6.28. The molecule has 0 spiro atoms. The monoisotopic (exact) mass is 296 g/mol. The molecule has 0 aliphatic rings. The number of hydrogen-bond donors (Lipinski definition) is 1. The van der Waals surface area contributed by atoms with Gasteiger partial charge in [0.15, 0.2) is 0 Å². The smallest absolute Gasteiger partial charge is 0.306 e. The van der Waals surface area contributed by atoms with Gasteiger partial charge in [0.25, 0.3) is 0 Å². The Labute approximate surface area is 114 Å². The van der Waals surface area contributed by atoms with E-state index in [2.05, 4.69) is 4.74 Å². The summed E-state index contributed by atoms with van der Waals surface area (Å²) in [6.07, 6.45) is 0.495. The predicted molar refractivity (Wildman–Crippen MR) is 73.7 cm³/mol. The van der Waals surface area contributed by atoms with Crippen LogP contribution in [-0.2, 0) is 19.6 Å². The Kier molecular flexibility index (Phi) is 8.05. The third-order valence-corrected chi connectivity index (χ3v) is 4.02. The summed E-state index contributed by atoms with van der Waals surface area (Å²) in [5.41, 5.74) is 5.36. The number of esters is 1. The maximum Gasteiger partial charge on any atom is 0.306 e. The number of nitrogens with two attached hydrogens (primary N) is 1. The fourth-order valence-electron chi connectivity index (χ4n) is 1.31. The molecule has 0 bridgehead atoms. The van der Waals surface area contributed by atoms with Gasteiger partial charge >= 0.3 is 5.97 Å². The van der Waals surface area contributed by atoms with Gasteiger partial charge in [-0.15, -0.1) is 0 Å². The number of rotatable bonds is 9. The van der Waals surface area contributed by atoms with Gasteiger partial charge in [0, 0.05) is 6.54 Å². The van der Waals surface area contributed by atoms with Crippen molar-refractivity contribution in [3.8, 4) is 0 Å². The Morgan fingerprint density at radius 1 is 1.39 bits per heavy atom. The first-order valence-corrected chi connectivity index (χ1v) is 7.77. The molecule has 0 unspecified atom stereocenters. The molecule has 0 amide bonds. The molecule has 0 saturated heterocycles. The van der Waals surface area contributed by atoms with E-state index in [1.807, 2.05) is 6.92 Å². The molecule has 0 atom stereocenters. The Bertz CT molecular complexity index is 381. The lowest BCUT2D eigenvalue weighted by atomic mass is 10.5. The van der Waals surface area contributed by atoms with Crippen LogP contribution >= 0.6 is 12.2 Å². The molecule has 0 radical (unpaired) electrons. The highest BCUT2D eigenvalue weighted by Gasteiger charge is 2.23. The molecular weight excluding hydrogens is 276 g/mol. The Balaban J connectivity index is 4.54. The third-order valence-electron chi connectivity index (χ3n) is 2.07. The van der Waals surface area contributed by atoms with Crippen LogP contribution in [0, 0.1) is 0 Å². The van der Waals surface area contributed by atoms with E-state index in [0.29, 0.717) is 13.0 Å². The van der Waals surface area contributed by atoms with Gasteiger partial charge in [0.05, 0.1) is 30.3 Å². The van der Waals surface area contributed by atoms with Crippen molar-refractivity contribution in [2.75, 3.05) is 25.4 Å². The topological polar surface area (TPSA) is 89.7 Å². The fourth-order valence-corrected chi connectivity index (χ4v) is 3.03. The second kappa shape index (κ2) is 8.39. The summed E-state index contributed by atoms with van der Waals surface area (Å²) in [7, 11) is -3.53. The number of sulfonamides is 1. The van der Waals surface area contributed by atoms with Crippen LogP contribution in [0.4, 0.5) is 0 Å². The molecule has 0 aromatic carbocycles. The van der Waals surface area contributed by atoms with Gasteiger partial charge in [-0.1, -0.05) is 19.1 Å². The Hall–Kier alpha value is -0.730. The van der Waals surface area contributed by atoms with Crippen molar-refractivity contribution < 1.29 is 17.9 Å². The maximum atomic E-state index is 12.0. The normalized spacial score (nSPS) is 11.5. The first kappa shape index (κ1) is 17.3. The molecule has 0 fully saturated rings. The fraction of sp³-hybridized carbons (Fsp3) is 0.800. The highest BCUT2D eigenvalue weighted by atomic mass is 32.2. The molecule has 2 N–H and O–H groups in total. The standard InChI is InChI=1S/C10H20N2O4S2/c1-3-6-12(8-9(11)17)18(14,15)7-5-10(13)16-4-2/h3-8H2,1-2H3,(H2,11,17). The van der Waals surface area contributed by atoms with E-state index in [1.54, 1.807) is 6.92 Å². The van der Waals surface area contributed by atoms with E-state index in [9.17, 15) is 13.2 Å². The predicted octanol–water partition coefficient (Wildman–Crippen LogP) is 0.268. The molecule has 0 heterocycles. The van der Waals surface area contributed by atoms with Crippen LogP contribution < -0.4 is 5.73 Å². The number of nitrogens with zero attached hydrogens (tertiary/aromatic N) is 1. The number of carbonyl (C=O) groups excluding carboxylic acids is 1. The molecule has 0 aromatic heterocycles. The van der Waals surface area contributed by atoms with Crippen LogP contribution in [0.15, 0.2) is 0 Å². The van der Waals surface area contributed by atoms with Crippen LogP contribution in [0.3, 0.4) is 0 Å². The molecule has 18 heavy (non-hydrogen) atoms. The van der Waals surface area contributed by atoms with Gasteiger partial charge in [-0.05, 0) is 13.3 Å². The minimum Gasteiger partial charge on any atom is -0.466 e. The average Bonchev–Trinajstić information content (AvgIpc) is 2.26. The van der Waals surface area contributed by atoms with Gasteiger partial charge in [-0.25, -0.2) is 8.42 Å². The zero-order valence-corrected chi connectivity index (χ0v) is 12.3.